The Morgan fingerprint density at radius 1 is 1.00 bits per heavy atom. The second-order valence-corrected chi connectivity index (χ2v) is 11.1. The van der Waals surface area contributed by atoms with E-state index in [1.807, 2.05) is 12.1 Å². The lowest BCUT2D eigenvalue weighted by Crippen LogP contribution is -2.68. The number of hydrogen-bond acceptors (Lipinski definition) is 4. The van der Waals surface area contributed by atoms with Gasteiger partial charge in [-0.1, -0.05) is 6.07 Å². The first kappa shape index (κ1) is 22.9. The Morgan fingerprint density at radius 3 is 2.48 bits per heavy atom. The number of aromatic hydroxyl groups is 1. The Hall–Kier alpha value is -1.82. The van der Waals surface area contributed by atoms with Crippen molar-refractivity contribution >= 4 is 0 Å². The van der Waals surface area contributed by atoms with E-state index in [4.69, 9.17) is 0 Å². The van der Waals surface area contributed by atoms with Gasteiger partial charge in [-0.05, 0) is 107 Å². The summed E-state index contributed by atoms with van der Waals surface area (Å²) in [6, 6.07) is 8.03. The Labute approximate surface area is 199 Å². The van der Waals surface area contributed by atoms with E-state index in [0.29, 0.717) is 5.75 Å². The summed E-state index contributed by atoms with van der Waals surface area (Å²) in [6.45, 7) is 12.6. The van der Waals surface area contributed by atoms with Gasteiger partial charge in [0.05, 0.1) is 5.60 Å². The molecule has 5 rings (SSSR count). The summed E-state index contributed by atoms with van der Waals surface area (Å²) in [6.07, 6.45) is 9.71. The molecule has 5 heteroatoms. The van der Waals surface area contributed by atoms with Crippen LogP contribution in [0.2, 0.25) is 0 Å². The van der Waals surface area contributed by atoms with Crippen LogP contribution in [0.15, 0.2) is 36.7 Å². The molecular weight excluding hydrogens is 410 g/mol. The van der Waals surface area contributed by atoms with Crippen molar-refractivity contribution in [1.29, 1.82) is 0 Å². The molecule has 0 spiro atoms. The molecule has 2 aromatic rings. The predicted molar refractivity (Wildman–Crippen MR) is 133 cm³/mol. The molecule has 3 atom stereocenters. The third-order valence-corrected chi connectivity index (χ3v) is 9.06. The molecule has 0 bridgehead atoms. The fourth-order valence-corrected chi connectivity index (χ4v) is 6.72. The standard InChI is InChI=1S/C28H41N3O2/c1-21-8-12-30(19-21)17-16-29-13-9-27(26-18-25(32)7-4-22(26)2)10-15-31(20-24-5-6-24)23(3)28(27,33)11-14-29/h4,7-8,12,18-19,23-24,32-33H,5-6,9-11,13-17,20H2,1-3H3. The normalized spacial score (nSPS) is 31.3. The maximum Gasteiger partial charge on any atom is 0.115 e. The van der Waals surface area contributed by atoms with Gasteiger partial charge in [0, 0.05) is 50.0 Å². The minimum Gasteiger partial charge on any atom is -0.508 e. The monoisotopic (exact) mass is 451 g/mol. The molecule has 180 valence electrons. The maximum atomic E-state index is 12.6. The number of nitrogens with zero attached hydrogens (tertiary/aromatic N) is 3. The number of fused-ring (bicyclic) bond motifs is 1. The van der Waals surface area contributed by atoms with Gasteiger partial charge in [-0.2, -0.15) is 0 Å². The highest BCUT2D eigenvalue weighted by atomic mass is 16.3. The van der Waals surface area contributed by atoms with Gasteiger partial charge in [0.25, 0.3) is 0 Å². The molecule has 33 heavy (non-hydrogen) atoms. The summed E-state index contributed by atoms with van der Waals surface area (Å²) >= 11 is 0. The van der Waals surface area contributed by atoms with Crippen molar-refractivity contribution < 1.29 is 10.2 Å². The third-order valence-electron chi connectivity index (χ3n) is 9.06. The first-order chi connectivity index (χ1) is 15.8. The summed E-state index contributed by atoms with van der Waals surface area (Å²) in [5, 5.41) is 23.0. The molecule has 5 nitrogen and oxygen atoms in total. The minimum atomic E-state index is -0.808. The quantitative estimate of drug-likeness (QED) is 0.695. The van der Waals surface area contributed by atoms with Crippen LogP contribution in [-0.2, 0) is 12.0 Å². The molecule has 1 aromatic heterocycles. The average molecular weight is 452 g/mol. The van der Waals surface area contributed by atoms with Crippen LogP contribution in [0.5, 0.6) is 5.75 Å². The third kappa shape index (κ3) is 4.24. The topological polar surface area (TPSA) is 51.9 Å². The lowest BCUT2D eigenvalue weighted by atomic mass is 9.57. The first-order valence-electron chi connectivity index (χ1n) is 12.9. The minimum absolute atomic E-state index is 0.112. The molecule has 3 aliphatic rings. The van der Waals surface area contributed by atoms with Crippen molar-refractivity contribution in [1.82, 2.24) is 14.4 Å². The van der Waals surface area contributed by atoms with Crippen LogP contribution < -0.4 is 0 Å². The lowest BCUT2D eigenvalue weighted by molar-refractivity contribution is -0.136. The number of likely N-dealkylation sites (tertiary alicyclic amines) is 2. The Bertz CT molecular complexity index is 983. The summed E-state index contributed by atoms with van der Waals surface area (Å²) in [7, 11) is 0. The maximum absolute atomic E-state index is 12.6. The second kappa shape index (κ2) is 8.75. The zero-order chi connectivity index (χ0) is 23.2. The van der Waals surface area contributed by atoms with Gasteiger partial charge in [-0.15, -0.1) is 0 Å². The molecular formula is C28H41N3O2. The zero-order valence-corrected chi connectivity index (χ0v) is 20.6. The molecule has 3 heterocycles. The van der Waals surface area contributed by atoms with Gasteiger partial charge in [0.2, 0.25) is 0 Å². The summed E-state index contributed by atoms with van der Waals surface area (Å²) in [4.78, 5) is 5.11. The first-order valence-corrected chi connectivity index (χ1v) is 12.9. The summed E-state index contributed by atoms with van der Waals surface area (Å²) < 4.78 is 2.27. The SMILES string of the molecule is Cc1ccn(CCN2CCC3(c4cc(O)ccc4C)CCN(CC4CC4)C(C)C3(O)CC2)c1. The highest BCUT2D eigenvalue weighted by Gasteiger charge is 2.59. The van der Waals surface area contributed by atoms with Gasteiger partial charge < -0.3 is 19.7 Å². The van der Waals surface area contributed by atoms with Crippen LogP contribution in [0.25, 0.3) is 0 Å². The number of benzene rings is 1. The Morgan fingerprint density at radius 2 is 1.76 bits per heavy atom. The molecule has 0 radical (unpaired) electrons. The van der Waals surface area contributed by atoms with Crippen molar-refractivity contribution in [3.05, 3.63) is 53.3 Å². The van der Waals surface area contributed by atoms with Crippen molar-refractivity contribution in [3.8, 4) is 5.75 Å². The molecule has 2 N–H and O–H groups in total. The number of aromatic nitrogens is 1. The molecule has 0 amide bonds. The average Bonchev–Trinajstić information content (AvgIpc) is 3.54. The number of aryl methyl sites for hydroxylation is 2. The van der Waals surface area contributed by atoms with E-state index in [2.05, 4.69) is 53.6 Å². The van der Waals surface area contributed by atoms with E-state index in [1.54, 1.807) is 6.07 Å². The summed E-state index contributed by atoms with van der Waals surface area (Å²) in [5.41, 5.74) is 2.51. The number of phenolic OH excluding ortho intramolecular Hbond substituents is 1. The second-order valence-electron chi connectivity index (χ2n) is 11.1. The van der Waals surface area contributed by atoms with E-state index in [1.165, 1.54) is 24.0 Å². The Balaban J connectivity index is 1.45. The highest BCUT2D eigenvalue weighted by Crippen LogP contribution is 2.53. The number of rotatable bonds is 6. The molecule has 1 aliphatic carbocycles. The van der Waals surface area contributed by atoms with Crippen molar-refractivity contribution in [2.45, 2.75) is 76.5 Å². The van der Waals surface area contributed by atoms with E-state index in [0.717, 1.165) is 70.0 Å². The number of hydrogen-bond donors (Lipinski definition) is 2. The molecule has 2 saturated heterocycles. The largest absolute Gasteiger partial charge is 0.508 e. The fourth-order valence-electron chi connectivity index (χ4n) is 6.72. The number of aliphatic hydroxyl groups is 1. The van der Waals surface area contributed by atoms with Crippen molar-refractivity contribution in [3.63, 3.8) is 0 Å². The Kier molecular flexibility index (Phi) is 6.09. The molecule has 3 fully saturated rings. The smallest absolute Gasteiger partial charge is 0.115 e. The van der Waals surface area contributed by atoms with E-state index >= 15 is 0 Å². The van der Waals surface area contributed by atoms with E-state index in [9.17, 15) is 10.2 Å². The van der Waals surface area contributed by atoms with E-state index < -0.39 is 5.60 Å². The summed E-state index contributed by atoms with van der Waals surface area (Å²) in [5.74, 6) is 1.13. The van der Waals surface area contributed by atoms with Gasteiger partial charge in [0.1, 0.15) is 5.75 Å². The fraction of sp³-hybridized carbons (Fsp3) is 0.643. The van der Waals surface area contributed by atoms with Crippen LogP contribution in [0, 0.1) is 19.8 Å². The van der Waals surface area contributed by atoms with Crippen LogP contribution in [0.3, 0.4) is 0 Å². The highest BCUT2D eigenvalue weighted by molar-refractivity contribution is 5.43. The molecule has 1 saturated carbocycles. The van der Waals surface area contributed by atoms with Gasteiger partial charge in [-0.25, -0.2) is 0 Å². The van der Waals surface area contributed by atoms with Crippen molar-refractivity contribution in [2.24, 2.45) is 5.92 Å². The zero-order valence-electron chi connectivity index (χ0n) is 20.6. The van der Waals surface area contributed by atoms with Crippen LogP contribution in [0.1, 0.15) is 55.7 Å². The molecule has 1 aromatic carbocycles. The number of phenols is 1. The van der Waals surface area contributed by atoms with Crippen molar-refractivity contribution in [2.75, 3.05) is 32.7 Å². The molecule has 2 aliphatic heterocycles. The van der Waals surface area contributed by atoms with E-state index in [-0.39, 0.29) is 11.5 Å². The molecule has 3 unspecified atom stereocenters. The van der Waals surface area contributed by atoms with Crippen LogP contribution in [-0.4, -0.2) is 68.9 Å². The van der Waals surface area contributed by atoms with Gasteiger partial charge in [-0.3, -0.25) is 4.90 Å². The van der Waals surface area contributed by atoms with Crippen LogP contribution in [0.4, 0.5) is 0 Å². The van der Waals surface area contributed by atoms with Crippen LogP contribution >= 0.6 is 0 Å². The lowest BCUT2D eigenvalue weighted by Gasteiger charge is -2.58. The van der Waals surface area contributed by atoms with Gasteiger partial charge in [0.15, 0.2) is 0 Å². The predicted octanol–water partition coefficient (Wildman–Crippen LogP) is 4.08. The van der Waals surface area contributed by atoms with Gasteiger partial charge >= 0.3 is 0 Å². The number of piperidine rings is 1.